The molecule has 1 aromatic rings. The molecule has 22 heavy (non-hydrogen) atoms. The molecule has 2 fully saturated rings. The molecule has 118 valence electrons. The van der Waals surface area contributed by atoms with E-state index in [0.29, 0.717) is 6.54 Å². The largest absolute Gasteiger partial charge is 0.369 e. The first-order valence-corrected chi connectivity index (χ1v) is 7.97. The van der Waals surface area contributed by atoms with Gasteiger partial charge < -0.3 is 11.1 Å². The molecule has 2 amide bonds. The second kappa shape index (κ2) is 6.08. The maximum absolute atomic E-state index is 12.7. The van der Waals surface area contributed by atoms with E-state index in [1.165, 1.54) is 0 Å². The van der Waals surface area contributed by atoms with E-state index < -0.39 is 0 Å². The Kier molecular flexibility index (Phi) is 4.16. The van der Waals surface area contributed by atoms with Crippen molar-refractivity contribution in [2.45, 2.75) is 37.1 Å². The van der Waals surface area contributed by atoms with Gasteiger partial charge in [0.2, 0.25) is 11.8 Å². The monoisotopic (exact) mass is 301 g/mol. The Morgan fingerprint density at radius 3 is 2.64 bits per heavy atom. The SMILES string of the molecule is NC(=O)CN1CCC[C@H](NC(=O)C2(c3ccccc3)CC2)C1. The molecule has 2 aliphatic rings. The van der Waals surface area contributed by atoms with Crippen molar-refractivity contribution in [3.05, 3.63) is 35.9 Å². The highest BCUT2D eigenvalue weighted by molar-refractivity contribution is 5.91. The molecule has 0 bridgehead atoms. The van der Waals surface area contributed by atoms with Crippen LogP contribution in [0.15, 0.2) is 30.3 Å². The zero-order chi connectivity index (χ0) is 15.6. The minimum atomic E-state index is -0.326. The molecule has 0 spiro atoms. The van der Waals surface area contributed by atoms with Crippen molar-refractivity contribution in [1.29, 1.82) is 0 Å². The summed E-state index contributed by atoms with van der Waals surface area (Å²) >= 11 is 0. The maximum atomic E-state index is 12.7. The van der Waals surface area contributed by atoms with Gasteiger partial charge in [-0.25, -0.2) is 0 Å². The first kappa shape index (κ1) is 15.0. The lowest BCUT2D eigenvalue weighted by Gasteiger charge is -2.33. The van der Waals surface area contributed by atoms with E-state index in [-0.39, 0.29) is 29.8 Å². The predicted molar refractivity (Wildman–Crippen MR) is 84.2 cm³/mol. The van der Waals surface area contributed by atoms with Crippen LogP contribution in [-0.4, -0.2) is 42.4 Å². The molecule has 3 rings (SSSR count). The number of nitrogens with one attached hydrogen (secondary N) is 1. The second-order valence-corrected chi connectivity index (χ2v) is 6.46. The summed E-state index contributed by atoms with van der Waals surface area (Å²) in [5.74, 6) is -0.181. The van der Waals surface area contributed by atoms with Gasteiger partial charge in [0.15, 0.2) is 0 Å². The summed E-state index contributed by atoms with van der Waals surface area (Å²) in [6.07, 6.45) is 3.78. The number of likely N-dealkylation sites (tertiary alicyclic amines) is 1. The molecular formula is C17H23N3O2. The second-order valence-electron chi connectivity index (χ2n) is 6.46. The third-order valence-electron chi connectivity index (χ3n) is 4.73. The molecule has 0 aromatic heterocycles. The van der Waals surface area contributed by atoms with Gasteiger partial charge in [-0.1, -0.05) is 30.3 Å². The van der Waals surface area contributed by atoms with Crippen LogP contribution in [0.1, 0.15) is 31.2 Å². The summed E-state index contributed by atoms with van der Waals surface area (Å²) in [6, 6.07) is 10.1. The molecule has 5 heteroatoms. The average Bonchev–Trinajstić information content (AvgIpc) is 3.29. The molecule has 5 nitrogen and oxygen atoms in total. The Hall–Kier alpha value is -1.88. The van der Waals surface area contributed by atoms with Crippen LogP contribution in [0, 0.1) is 0 Å². The predicted octanol–water partition coefficient (Wildman–Crippen LogP) is 0.784. The Morgan fingerprint density at radius 2 is 2.00 bits per heavy atom. The van der Waals surface area contributed by atoms with Crippen LogP contribution in [0.5, 0.6) is 0 Å². The molecule has 1 saturated carbocycles. The summed E-state index contributed by atoms with van der Waals surface area (Å²) in [4.78, 5) is 25.8. The fraction of sp³-hybridized carbons (Fsp3) is 0.529. The van der Waals surface area contributed by atoms with Gasteiger partial charge in [0.25, 0.3) is 0 Å². The highest BCUT2D eigenvalue weighted by Gasteiger charge is 2.51. The van der Waals surface area contributed by atoms with Gasteiger partial charge in [-0.2, -0.15) is 0 Å². The number of piperidine rings is 1. The number of hydrogen-bond acceptors (Lipinski definition) is 3. The smallest absolute Gasteiger partial charge is 0.231 e. The van der Waals surface area contributed by atoms with E-state index in [9.17, 15) is 9.59 Å². The molecule has 0 radical (unpaired) electrons. The van der Waals surface area contributed by atoms with Crippen LogP contribution in [0.25, 0.3) is 0 Å². The minimum Gasteiger partial charge on any atom is -0.369 e. The zero-order valence-electron chi connectivity index (χ0n) is 12.8. The molecule has 1 atom stereocenters. The Morgan fingerprint density at radius 1 is 1.27 bits per heavy atom. The number of carbonyl (C=O) groups is 2. The number of carbonyl (C=O) groups excluding carboxylic acids is 2. The van der Waals surface area contributed by atoms with Crippen LogP contribution in [0.2, 0.25) is 0 Å². The fourth-order valence-electron chi connectivity index (χ4n) is 3.39. The third kappa shape index (κ3) is 3.14. The molecule has 1 aliphatic carbocycles. The van der Waals surface area contributed by atoms with E-state index >= 15 is 0 Å². The van der Waals surface area contributed by atoms with Gasteiger partial charge in [0.05, 0.1) is 12.0 Å². The lowest BCUT2D eigenvalue weighted by Crippen LogP contribution is -2.51. The van der Waals surface area contributed by atoms with Crippen molar-refractivity contribution >= 4 is 11.8 Å². The minimum absolute atomic E-state index is 0.113. The third-order valence-corrected chi connectivity index (χ3v) is 4.73. The van der Waals surface area contributed by atoms with Gasteiger partial charge in [-0.15, -0.1) is 0 Å². The van der Waals surface area contributed by atoms with Crippen LogP contribution in [0.4, 0.5) is 0 Å². The number of hydrogen-bond donors (Lipinski definition) is 2. The van der Waals surface area contributed by atoms with Crippen molar-refractivity contribution in [2.24, 2.45) is 5.73 Å². The Bertz CT molecular complexity index is 554. The average molecular weight is 301 g/mol. The van der Waals surface area contributed by atoms with Gasteiger partial charge in [0, 0.05) is 12.6 Å². The fourth-order valence-corrected chi connectivity index (χ4v) is 3.39. The molecular weight excluding hydrogens is 278 g/mol. The number of primary amides is 1. The van der Waals surface area contributed by atoms with Gasteiger partial charge in [0.1, 0.15) is 0 Å². The van der Waals surface area contributed by atoms with Crippen molar-refractivity contribution in [2.75, 3.05) is 19.6 Å². The summed E-state index contributed by atoms with van der Waals surface area (Å²) in [7, 11) is 0. The molecule has 1 aliphatic heterocycles. The Labute approximate surface area is 130 Å². The molecule has 0 unspecified atom stereocenters. The quantitative estimate of drug-likeness (QED) is 0.844. The number of rotatable bonds is 5. The number of amides is 2. The first-order chi connectivity index (χ1) is 10.6. The van der Waals surface area contributed by atoms with Gasteiger partial charge in [-0.3, -0.25) is 14.5 Å². The van der Waals surface area contributed by atoms with Crippen LogP contribution in [-0.2, 0) is 15.0 Å². The van der Waals surface area contributed by atoms with Crippen LogP contribution < -0.4 is 11.1 Å². The van der Waals surface area contributed by atoms with E-state index in [2.05, 4.69) is 5.32 Å². The normalized spacial score (nSPS) is 23.7. The van der Waals surface area contributed by atoms with Crippen molar-refractivity contribution < 1.29 is 9.59 Å². The van der Waals surface area contributed by atoms with Gasteiger partial charge >= 0.3 is 0 Å². The lowest BCUT2D eigenvalue weighted by molar-refractivity contribution is -0.124. The zero-order valence-corrected chi connectivity index (χ0v) is 12.8. The molecule has 1 aromatic carbocycles. The van der Waals surface area contributed by atoms with Crippen LogP contribution >= 0.6 is 0 Å². The maximum Gasteiger partial charge on any atom is 0.231 e. The van der Waals surface area contributed by atoms with E-state index in [1.807, 2.05) is 35.2 Å². The van der Waals surface area contributed by atoms with Crippen molar-refractivity contribution in [3.8, 4) is 0 Å². The Balaban J connectivity index is 1.61. The van der Waals surface area contributed by atoms with Crippen molar-refractivity contribution in [1.82, 2.24) is 10.2 Å². The summed E-state index contributed by atoms with van der Waals surface area (Å²) in [5, 5.41) is 3.19. The highest BCUT2D eigenvalue weighted by atomic mass is 16.2. The van der Waals surface area contributed by atoms with E-state index in [1.54, 1.807) is 0 Å². The summed E-state index contributed by atoms with van der Waals surface area (Å²) < 4.78 is 0. The number of nitrogens with two attached hydrogens (primary N) is 1. The first-order valence-electron chi connectivity index (χ1n) is 7.97. The van der Waals surface area contributed by atoms with E-state index in [4.69, 9.17) is 5.73 Å². The number of benzene rings is 1. The molecule has 3 N–H and O–H groups in total. The summed E-state index contributed by atoms with van der Waals surface area (Å²) in [6.45, 7) is 1.86. The standard InChI is InChI=1S/C17H23N3O2/c18-15(21)12-20-10-4-7-14(11-20)19-16(22)17(8-9-17)13-5-2-1-3-6-13/h1-3,5-6,14H,4,7-12H2,(H2,18,21)(H,19,22)/t14-/m0/s1. The molecule has 1 saturated heterocycles. The van der Waals surface area contributed by atoms with E-state index in [0.717, 1.165) is 37.8 Å². The highest BCUT2D eigenvalue weighted by Crippen LogP contribution is 2.48. The van der Waals surface area contributed by atoms with Gasteiger partial charge in [-0.05, 0) is 37.8 Å². The topological polar surface area (TPSA) is 75.4 Å². The van der Waals surface area contributed by atoms with Crippen molar-refractivity contribution in [3.63, 3.8) is 0 Å². The number of nitrogens with zero attached hydrogens (tertiary/aromatic N) is 1. The van der Waals surface area contributed by atoms with Crippen LogP contribution in [0.3, 0.4) is 0 Å². The molecule has 1 heterocycles. The summed E-state index contributed by atoms with van der Waals surface area (Å²) in [5.41, 5.74) is 6.04. The lowest BCUT2D eigenvalue weighted by atomic mass is 9.94.